The van der Waals surface area contributed by atoms with E-state index in [1.165, 1.54) is 0 Å². The molecule has 0 radical (unpaired) electrons. The maximum Gasteiger partial charge on any atom is 0.441 e. The Labute approximate surface area is 118 Å². The maximum absolute atomic E-state index is 12.1. The van der Waals surface area contributed by atoms with Crippen LogP contribution in [-0.4, -0.2) is 35.4 Å². The molecule has 3 N–H and O–H groups in total. The predicted octanol–water partition coefficient (Wildman–Crippen LogP) is 2.80. The van der Waals surface area contributed by atoms with Crippen molar-refractivity contribution in [1.29, 1.82) is 0 Å². The van der Waals surface area contributed by atoms with Crippen molar-refractivity contribution in [2.45, 2.75) is 11.9 Å². The van der Waals surface area contributed by atoms with Crippen molar-refractivity contribution in [2.24, 2.45) is 0 Å². The fraction of sp³-hybridized carbons (Fsp3) is 0.417. The highest BCUT2D eigenvalue weighted by Crippen LogP contribution is 2.31. The molecule has 0 spiro atoms. The Morgan fingerprint density at radius 1 is 1.30 bits per heavy atom. The molecule has 0 aliphatic carbocycles. The molecule has 112 valence electrons. The lowest BCUT2D eigenvalue weighted by Gasteiger charge is -2.25. The molecule has 20 heavy (non-hydrogen) atoms. The highest BCUT2D eigenvalue weighted by molar-refractivity contribution is 8.00. The third kappa shape index (κ3) is 6.05. The van der Waals surface area contributed by atoms with Crippen LogP contribution in [0, 0.1) is 0 Å². The smallest absolute Gasteiger partial charge is 0.441 e. The van der Waals surface area contributed by atoms with E-state index in [1.807, 2.05) is 0 Å². The molecule has 0 bridgehead atoms. The summed E-state index contributed by atoms with van der Waals surface area (Å²) in [5.74, 6) is -1.19. The fourth-order valence-electron chi connectivity index (χ4n) is 1.63. The highest BCUT2D eigenvalue weighted by atomic mass is 32.2. The summed E-state index contributed by atoms with van der Waals surface area (Å²) >= 11 is -0.133. The van der Waals surface area contributed by atoms with Crippen molar-refractivity contribution in [3.63, 3.8) is 0 Å². The lowest BCUT2D eigenvalue weighted by atomic mass is 10.2. The first kappa shape index (κ1) is 16.5. The molecular weight excluding hydrogens is 293 g/mol. The number of hydrogen-bond acceptors (Lipinski definition) is 4. The van der Waals surface area contributed by atoms with Crippen LogP contribution in [0.2, 0.25) is 0 Å². The Hall–Kier alpha value is -1.57. The SMILES string of the molecule is Nc1ccccc1N(CCSC(F)(F)F)CCC(=O)O. The van der Waals surface area contributed by atoms with Crippen LogP contribution in [0.5, 0.6) is 0 Å². The summed E-state index contributed by atoms with van der Waals surface area (Å²) in [5, 5.41) is 8.69. The average molecular weight is 308 g/mol. The van der Waals surface area contributed by atoms with Crippen molar-refractivity contribution < 1.29 is 23.1 Å². The van der Waals surface area contributed by atoms with Gasteiger partial charge >= 0.3 is 11.5 Å². The molecule has 0 aliphatic heterocycles. The van der Waals surface area contributed by atoms with E-state index in [0.717, 1.165) is 0 Å². The number of para-hydroxylation sites is 2. The molecule has 1 rings (SSSR count). The van der Waals surface area contributed by atoms with Gasteiger partial charge in [-0.05, 0) is 23.9 Å². The van der Waals surface area contributed by atoms with Gasteiger partial charge in [0.15, 0.2) is 0 Å². The monoisotopic (exact) mass is 308 g/mol. The number of carboxylic acid groups (broad SMARTS) is 1. The minimum atomic E-state index is -4.29. The van der Waals surface area contributed by atoms with Crippen LogP contribution in [0.1, 0.15) is 6.42 Å². The summed E-state index contributed by atoms with van der Waals surface area (Å²) in [6.07, 6.45) is -0.162. The zero-order valence-corrected chi connectivity index (χ0v) is 11.4. The first-order valence-electron chi connectivity index (χ1n) is 5.81. The second-order valence-electron chi connectivity index (χ2n) is 3.98. The second-order valence-corrected chi connectivity index (χ2v) is 5.14. The van der Waals surface area contributed by atoms with Crippen LogP contribution in [0.3, 0.4) is 0 Å². The van der Waals surface area contributed by atoms with E-state index in [0.29, 0.717) is 11.4 Å². The Balaban J connectivity index is 2.70. The number of thioether (sulfide) groups is 1. The minimum absolute atomic E-state index is 0.0751. The number of nitrogens with two attached hydrogens (primary N) is 1. The number of carbonyl (C=O) groups is 1. The zero-order valence-electron chi connectivity index (χ0n) is 10.6. The third-order valence-corrected chi connectivity index (χ3v) is 3.21. The van der Waals surface area contributed by atoms with Gasteiger partial charge in [0.25, 0.3) is 0 Å². The van der Waals surface area contributed by atoms with Gasteiger partial charge in [-0.2, -0.15) is 13.2 Å². The van der Waals surface area contributed by atoms with Gasteiger partial charge in [-0.3, -0.25) is 4.79 Å². The van der Waals surface area contributed by atoms with E-state index in [4.69, 9.17) is 10.8 Å². The molecule has 0 aromatic heterocycles. The van der Waals surface area contributed by atoms with Gasteiger partial charge in [0.2, 0.25) is 0 Å². The zero-order chi connectivity index (χ0) is 15.2. The summed E-state index contributed by atoms with van der Waals surface area (Å²) in [6, 6.07) is 6.70. The van der Waals surface area contributed by atoms with Gasteiger partial charge in [-0.1, -0.05) is 12.1 Å². The van der Waals surface area contributed by atoms with Crippen molar-refractivity contribution in [1.82, 2.24) is 0 Å². The quantitative estimate of drug-likeness (QED) is 0.758. The van der Waals surface area contributed by atoms with Crippen molar-refractivity contribution in [3.05, 3.63) is 24.3 Å². The van der Waals surface area contributed by atoms with Gasteiger partial charge in [0, 0.05) is 18.8 Å². The summed E-state index contributed by atoms with van der Waals surface area (Å²) in [6.45, 7) is 0.188. The number of alkyl halides is 3. The number of anilines is 2. The Kier molecular flexibility index (Phi) is 6.00. The largest absolute Gasteiger partial charge is 0.481 e. The van der Waals surface area contributed by atoms with E-state index in [2.05, 4.69) is 0 Å². The molecule has 0 fully saturated rings. The molecule has 0 unspecified atom stereocenters. The molecule has 0 atom stereocenters. The van der Waals surface area contributed by atoms with Crippen LogP contribution in [-0.2, 0) is 4.79 Å². The number of rotatable bonds is 7. The molecule has 0 aliphatic rings. The average Bonchev–Trinajstić information content (AvgIpc) is 2.33. The number of carboxylic acids is 1. The number of halogens is 3. The molecule has 0 saturated heterocycles. The molecule has 8 heteroatoms. The van der Waals surface area contributed by atoms with Gasteiger partial charge in [0.05, 0.1) is 17.8 Å². The summed E-state index contributed by atoms with van der Waals surface area (Å²) < 4.78 is 36.4. The van der Waals surface area contributed by atoms with Crippen molar-refractivity contribution >= 4 is 29.1 Å². The third-order valence-electron chi connectivity index (χ3n) is 2.50. The van der Waals surface area contributed by atoms with E-state index >= 15 is 0 Å². The molecular formula is C12H15F3N2O2S. The van der Waals surface area contributed by atoms with Crippen LogP contribution >= 0.6 is 11.8 Å². The van der Waals surface area contributed by atoms with Gasteiger partial charge in [-0.15, -0.1) is 0 Å². The highest BCUT2D eigenvalue weighted by Gasteiger charge is 2.28. The number of nitrogens with zero attached hydrogens (tertiary/aromatic N) is 1. The van der Waals surface area contributed by atoms with E-state index in [-0.39, 0.29) is 37.0 Å². The Morgan fingerprint density at radius 3 is 2.50 bits per heavy atom. The minimum Gasteiger partial charge on any atom is -0.481 e. The number of benzene rings is 1. The molecule has 1 aromatic rings. The van der Waals surface area contributed by atoms with Crippen LogP contribution in [0.4, 0.5) is 24.5 Å². The normalized spacial score (nSPS) is 11.3. The van der Waals surface area contributed by atoms with Crippen LogP contribution in [0.25, 0.3) is 0 Å². The van der Waals surface area contributed by atoms with Crippen molar-refractivity contribution in [3.8, 4) is 0 Å². The first-order chi connectivity index (χ1) is 9.29. The lowest BCUT2D eigenvalue weighted by Crippen LogP contribution is -2.29. The first-order valence-corrected chi connectivity index (χ1v) is 6.80. The standard InChI is InChI=1S/C12H15F3N2O2S/c13-12(14,15)20-8-7-17(6-5-11(18)19)10-4-2-1-3-9(10)16/h1-4H,5-8,16H2,(H,18,19). The number of nitrogen functional groups attached to an aromatic ring is 1. The fourth-order valence-corrected chi connectivity index (χ4v) is 2.17. The maximum atomic E-state index is 12.1. The van der Waals surface area contributed by atoms with E-state index in [1.54, 1.807) is 29.2 Å². The second kappa shape index (κ2) is 7.28. The van der Waals surface area contributed by atoms with Gasteiger partial charge in [0.1, 0.15) is 0 Å². The van der Waals surface area contributed by atoms with Crippen molar-refractivity contribution in [2.75, 3.05) is 29.5 Å². The summed E-state index contributed by atoms with van der Waals surface area (Å²) in [7, 11) is 0. The Bertz CT molecular complexity index is 455. The van der Waals surface area contributed by atoms with Crippen LogP contribution < -0.4 is 10.6 Å². The number of hydrogen-bond donors (Lipinski definition) is 2. The summed E-state index contributed by atoms with van der Waals surface area (Å²) in [5.41, 5.74) is 2.44. The topological polar surface area (TPSA) is 66.6 Å². The lowest BCUT2D eigenvalue weighted by molar-refractivity contribution is -0.136. The molecule has 0 saturated carbocycles. The van der Waals surface area contributed by atoms with E-state index in [9.17, 15) is 18.0 Å². The summed E-state index contributed by atoms with van der Waals surface area (Å²) in [4.78, 5) is 12.2. The molecule has 1 aromatic carbocycles. The van der Waals surface area contributed by atoms with Crippen LogP contribution in [0.15, 0.2) is 24.3 Å². The Morgan fingerprint density at radius 2 is 1.95 bits per heavy atom. The predicted molar refractivity (Wildman–Crippen MR) is 73.8 cm³/mol. The molecule has 0 amide bonds. The van der Waals surface area contributed by atoms with Gasteiger partial charge < -0.3 is 15.7 Å². The molecule has 0 heterocycles. The van der Waals surface area contributed by atoms with Gasteiger partial charge in [-0.25, -0.2) is 0 Å². The van der Waals surface area contributed by atoms with E-state index < -0.39 is 11.5 Å². The number of aliphatic carboxylic acids is 1. The molecule has 4 nitrogen and oxygen atoms in total.